The maximum atomic E-state index is 12.7. The Kier molecular flexibility index (Phi) is 4.32. The molecule has 24 heavy (non-hydrogen) atoms. The summed E-state index contributed by atoms with van der Waals surface area (Å²) in [5.41, 5.74) is 2.35. The van der Waals surface area contributed by atoms with Gasteiger partial charge in [-0.3, -0.25) is 14.5 Å². The van der Waals surface area contributed by atoms with Gasteiger partial charge in [-0.25, -0.2) is 4.99 Å². The molecular weight excluding hydrogens is 324 g/mol. The van der Waals surface area contributed by atoms with Gasteiger partial charge in [0.25, 0.3) is 5.91 Å². The molecule has 0 saturated heterocycles. The van der Waals surface area contributed by atoms with E-state index >= 15 is 0 Å². The van der Waals surface area contributed by atoms with Crippen molar-refractivity contribution in [2.45, 2.75) is 13.8 Å². The van der Waals surface area contributed by atoms with Crippen molar-refractivity contribution >= 4 is 40.9 Å². The molecule has 0 unspecified atom stereocenters. The first-order valence-electron chi connectivity index (χ1n) is 7.44. The molecule has 5 heteroatoms. The Labute approximate surface area is 145 Å². The topological polar surface area (TPSA) is 49.7 Å². The van der Waals surface area contributed by atoms with E-state index < -0.39 is 0 Å². The molecule has 1 heterocycles. The monoisotopic (exact) mass is 338 g/mol. The second-order valence-electron chi connectivity index (χ2n) is 5.45. The Morgan fingerprint density at radius 3 is 2.42 bits per heavy atom. The average molecular weight is 339 g/mol. The fraction of sp³-hybridized carbons (Fsp3) is 0.105. The van der Waals surface area contributed by atoms with E-state index in [2.05, 4.69) is 4.99 Å². The van der Waals surface area contributed by atoms with E-state index in [-0.39, 0.29) is 11.7 Å². The van der Waals surface area contributed by atoms with Crippen LogP contribution in [0.15, 0.2) is 59.2 Å². The van der Waals surface area contributed by atoms with E-state index in [0.717, 1.165) is 5.56 Å². The summed E-state index contributed by atoms with van der Waals surface area (Å²) in [5, 5.41) is 0.565. The molecule has 0 N–H and O–H groups in total. The summed E-state index contributed by atoms with van der Waals surface area (Å²) in [6, 6.07) is 14.2. The number of ketones is 1. The molecule has 0 saturated carbocycles. The third-order valence-corrected chi connectivity index (χ3v) is 4.10. The van der Waals surface area contributed by atoms with Crippen LogP contribution in [0.5, 0.6) is 0 Å². The molecule has 3 rings (SSSR count). The first kappa shape index (κ1) is 16.1. The standard InChI is InChI=1S/C19H15ClN2O2/c1-12(23)14-7-9-16(10-8-14)22-13(2)21-18(19(22)24)11-15-5-3-4-6-17(15)20/h3-11H,1-2H3/b18-11+. The highest BCUT2D eigenvalue weighted by atomic mass is 35.5. The smallest absolute Gasteiger partial charge is 0.282 e. The molecule has 1 aliphatic heterocycles. The highest BCUT2D eigenvalue weighted by Gasteiger charge is 2.29. The fourth-order valence-electron chi connectivity index (χ4n) is 2.52. The number of carbonyl (C=O) groups is 2. The molecule has 0 spiro atoms. The lowest BCUT2D eigenvalue weighted by Crippen LogP contribution is -2.30. The fourth-order valence-corrected chi connectivity index (χ4v) is 2.71. The van der Waals surface area contributed by atoms with Gasteiger partial charge in [-0.2, -0.15) is 0 Å². The summed E-state index contributed by atoms with van der Waals surface area (Å²) in [5.74, 6) is 0.343. The van der Waals surface area contributed by atoms with Crippen LogP contribution in [0.2, 0.25) is 5.02 Å². The van der Waals surface area contributed by atoms with Crippen molar-refractivity contribution in [2.24, 2.45) is 4.99 Å². The van der Waals surface area contributed by atoms with Crippen molar-refractivity contribution in [1.29, 1.82) is 0 Å². The van der Waals surface area contributed by atoms with Crippen LogP contribution in [0.3, 0.4) is 0 Å². The molecule has 2 aromatic carbocycles. The maximum Gasteiger partial charge on any atom is 0.282 e. The Morgan fingerprint density at radius 2 is 1.79 bits per heavy atom. The zero-order valence-electron chi connectivity index (χ0n) is 13.3. The van der Waals surface area contributed by atoms with Crippen LogP contribution >= 0.6 is 11.6 Å². The number of carbonyl (C=O) groups excluding carboxylic acids is 2. The number of anilines is 1. The highest BCUT2D eigenvalue weighted by Crippen LogP contribution is 2.27. The third kappa shape index (κ3) is 3.01. The van der Waals surface area contributed by atoms with Crippen LogP contribution in [0.1, 0.15) is 29.8 Å². The Hall–Kier alpha value is -2.72. The number of hydrogen-bond donors (Lipinski definition) is 0. The lowest BCUT2D eigenvalue weighted by molar-refractivity contribution is -0.113. The van der Waals surface area contributed by atoms with Crippen LogP contribution in [-0.2, 0) is 4.79 Å². The van der Waals surface area contributed by atoms with Crippen molar-refractivity contribution in [3.63, 3.8) is 0 Å². The van der Waals surface area contributed by atoms with Crippen molar-refractivity contribution in [3.05, 3.63) is 70.4 Å². The molecule has 0 aromatic heterocycles. The highest BCUT2D eigenvalue weighted by molar-refractivity contribution is 6.33. The molecule has 0 bridgehead atoms. The number of aliphatic imine (C=N–C) groups is 1. The molecule has 120 valence electrons. The number of hydrogen-bond acceptors (Lipinski definition) is 3. The van der Waals surface area contributed by atoms with Crippen LogP contribution in [0, 0.1) is 0 Å². The summed E-state index contributed by atoms with van der Waals surface area (Å²) in [7, 11) is 0. The number of halogens is 1. The first-order valence-corrected chi connectivity index (χ1v) is 7.82. The van der Waals surface area contributed by atoms with Crippen molar-refractivity contribution in [1.82, 2.24) is 0 Å². The molecule has 0 radical (unpaired) electrons. The van der Waals surface area contributed by atoms with Crippen molar-refractivity contribution in [3.8, 4) is 0 Å². The molecule has 0 aliphatic carbocycles. The van der Waals surface area contributed by atoms with Crippen molar-refractivity contribution < 1.29 is 9.59 Å². The molecule has 0 fully saturated rings. The van der Waals surface area contributed by atoms with Gasteiger partial charge in [-0.1, -0.05) is 29.8 Å². The van der Waals surface area contributed by atoms with E-state index in [4.69, 9.17) is 11.6 Å². The van der Waals surface area contributed by atoms with E-state index in [0.29, 0.717) is 27.8 Å². The summed E-state index contributed by atoms with van der Waals surface area (Å²) in [6.07, 6.45) is 1.68. The second-order valence-corrected chi connectivity index (χ2v) is 5.86. The predicted molar refractivity (Wildman–Crippen MR) is 96.5 cm³/mol. The molecule has 4 nitrogen and oxygen atoms in total. The van der Waals surface area contributed by atoms with Gasteiger partial charge in [-0.15, -0.1) is 0 Å². The quantitative estimate of drug-likeness (QED) is 0.617. The summed E-state index contributed by atoms with van der Waals surface area (Å²) < 4.78 is 0. The second kappa shape index (κ2) is 6.42. The Bertz CT molecular complexity index is 882. The maximum absolute atomic E-state index is 12.7. The number of benzene rings is 2. The Morgan fingerprint density at radius 1 is 1.12 bits per heavy atom. The number of amides is 1. The van der Waals surface area contributed by atoms with Gasteiger partial charge in [-0.05, 0) is 55.8 Å². The Balaban J connectivity index is 1.93. The summed E-state index contributed by atoms with van der Waals surface area (Å²) >= 11 is 6.14. The third-order valence-electron chi connectivity index (χ3n) is 3.76. The molecule has 2 aromatic rings. The normalized spacial score (nSPS) is 15.8. The predicted octanol–water partition coefficient (Wildman–Crippen LogP) is 4.35. The van der Waals surface area contributed by atoms with E-state index in [1.807, 2.05) is 18.2 Å². The zero-order chi connectivity index (χ0) is 17.3. The molecule has 1 amide bonds. The van der Waals surface area contributed by atoms with Gasteiger partial charge in [0.15, 0.2) is 5.78 Å². The molecule has 1 aliphatic rings. The van der Waals surface area contributed by atoms with Gasteiger partial charge in [0, 0.05) is 10.6 Å². The van der Waals surface area contributed by atoms with E-state index in [9.17, 15) is 9.59 Å². The number of Topliss-reactive ketones (excluding diaryl/α,β-unsaturated/α-hetero) is 1. The van der Waals surface area contributed by atoms with Gasteiger partial charge < -0.3 is 0 Å². The number of amidine groups is 1. The molecular formula is C19H15ClN2O2. The minimum Gasteiger partial charge on any atom is -0.295 e. The zero-order valence-corrected chi connectivity index (χ0v) is 14.0. The van der Waals surface area contributed by atoms with E-state index in [1.165, 1.54) is 11.8 Å². The average Bonchev–Trinajstić information content (AvgIpc) is 2.84. The van der Waals surface area contributed by atoms with Gasteiger partial charge in [0.05, 0.1) is 5.69 Å². The number of rotatable bonds is 3. The van der Waals surface area contributed by atoms with Crippen LogP contribution in [0.4, 0.5) is 5.69 Å². The van der Waals surface area contributed by atoms with Crippen molar-refractivity contribution in [2.75, 3.05) is 4.90 Å². The number of nitrogens with zero attached hydrogens (tertiary/aromatic N) is 2. The summed E-state index contributed by atoms with van der Waals surface area (Å²) in [6.45, 7) is 3.28. The molecule has 0 atom stereocenters. The van der Waals surface area contributed by atoms with E-state index in [1.54, 1.807) is 43.3 Å². The lowest BCUT2D eigenvalue weighted by atomic mass is 10.1. The van der Waals surface area contributed by atoms with Crippen LogP contribution < -0.4 is 4.90 Å². The largest absolute Gasteiger partial charge is 0.295 e. The SMILES string of the molecule is CC(=O)c1ccc(N2C(=O)/C(=C\c3ccccc3Cl)N=C2C)cc1. The minimum absolute atomic E-state index is 0.0148. The lowest BCUT2D eigenvalue weighted by Gasteiger charge is -2.16. The summed E-state index contributed by atoms with van der Waals surface area (Å²) in [4.78, 5) is 29.9. The van der Waals surface area contributed by atoms with Gasteiger partial charge >= 0.3 is 0 Å². The van der Waals surface area contributed by atoms with Crippen LogP contribution in [0.25, 0.3) is 6.08 Å². The van der Waals surface area contributed by atoms with Gasteiger partial charge in [0.2, 0.25) is 0 Å². The minimum atomic E-state index is -0.219. The first-order chi connectivity index (χ1) is 11.5. The van der Waals surface area contributed by atoms with Gasteiger partial charge in [0.1, 0.15) is 11.5 Å². The van der Waals surface area contributed by atoms with Crippen LogP contribution in [-0.4, -0.2) is 17.5 Å².